The maximum Gasteiger partial charge on any atom is 0.142 e. The minimum Gasteiger partial charge on any atom is -0.491 e. The zero-order valence-electron chi connectivity index (χ0n) is 11.6. The van der Waals surface area contributed by atoms with Gasteiger partial charge in [0.05, 0.1) is 11.6 Å². The lowest BCUT2D eigenvalue weighted by molar-refractivity contribution is 0.318. The molecule has 0 bridgehead atoms. The van der Waals surface area contributed by atoms with Gasteiger partial charge in [0, 0.05) is 30.9 Å². The van der Waals surface area contributed by atoms with Crippen molar-refractivity contribution in [2.45, 2.75) is 19.9 Å². The summed E-state index contributed by atoms with van der Waals surface area (Å²) in [5.74, 6) is 0.777. The molecule has 2 rings (SSSR count). The van der Waals surface area contributed by atoms with Crippen LogP contribution in [0.3, 0.4) is 0 Å². The van der Waals surface area contributed by atoms with Gasteiger partial charge in [-0.2, -0.15) is 0 Å². The van der Waals surface area contributed by atoms with Crippen molar-refractivity contribution in [2.24, 2.45) is 0 Å². The van der Waals surface area contributed by atoms with E-state index in [0.29, 0.717) is 11.6 Å². The highest BCUT2D eigenvalue weighted by Gasteiger charge is 2.08. The van der Waals surface area contributed by atoms with E-state index in [1.165, 1.54) is 0 Å². The van der Waals surface area contributed by atoms with E-state index in [1.54, 1.807) is 6.20 Å². The van der Waals surface area contributed by atoms with Crippen LogP contribution < -0.4 is 10.1 Å². The molecule has 0 spiro atoms. The zero-order valence-corrected chi connectivity index (χ0v) is 12.4. The first-order valence-corrected chi connectivity index (χ1v) is 7.19. The number of nitrogens with zero attached hydrogens (tertiary/aromatic N) is 1. The van der Waals surface area contributed by atoms with E-state index in [-0.39, 0.29) is 0 Å². The number of nitrogens with one attached hydrogen (secondary N) is 1. The molecule has 3 nitrogen and oxygen atoms in total. The second kappa shape index (κ2) is 7.88. The molecule has 0 saturated carbocycles. The van der Waals surface area contributed by atoms with E-state index < -0.39 is 0 Å². The van der Waals surface area contributed by atoms with Crippen molar-refractivity contribution in [3.63, 3.8) is 0 Å². The Labute approximate surface area is 124 Å². The predicted octanol–water partition coefficient (Wildman–Crippen LogP) is 3.47. The van der Waals surface area contributed by atoms with Gasteiger partial charge in [-0.05, 0) is 24.2 Å². The van der Waals surface area contributed by atoms with Gasteiger partial charge in [-0.25, -0.2) is 0 Å². The Morgan fingerprint density at radius 1 is 1.25 bits per heavy atom. The average molecular weight is 291 g/mol. The monoisotopic (exact) mass is 290 g/mol. The maximum absolute atomic E-state index is 6.22. The normalized spacial score (nSPS) is 10.5. The highest BCUT2D eigenvalue weighted by atomic mass is 35.5. The minimum absolute atomic E-state index is 0.592. The summed E-state index contributed by atoms with van der Waals surface area (Å²) in [5.41, 5.74) is 2.25. The lowest BCUT2D eigenvalue weighted by Gasteiger charge is -2.13. The number of halogens is 1. The van der Waals surface area contributed by atoms with Crippen LogP contribution >= 0.6 is 11.6 Å². The lowest BCUT2D eigenvalue weighted by atomic mass is 10.2. The van der Waals surface area contributed by atoms with Crippen LogP contribution in [-0.4, -0.2) is 18.1 Å². The quantitative estimate of drug-likeness (QED) is 0.848. The Morgan fingerprint density at radius 2 is 2.15 bits per heavy atom. The summed E-state index contributed by atoms with van der Waals surface area (Å²) in [6.07, 6.45) is 4.45. The van der Waals surface area contributed by atoms with Crippen LogP contribution in [0, 0.1) is 0 Å². The summed E-state index contributed by atoms with van der Waals surface area (Å²) in [4.78, 5) is 4.09. The van der Waals surface area contributed by atoms with Crippen LogP contribution in [0.25, 0.3) is 0 Å². The Hall–Kier alpha value is -1.58. The molecule has 0 amide bonds. The number of para-hydroxylation sites is 1. The molecule has 0 saturated heterocycles. The highest BCUT2D eigenvalue weighted by Crippen LogP contribution is 2.28. The van der Waals surface area contributed by atoms with Gasteiger partial charge in [-0.3, -0.25) is 4.98 Å². The first-order chi connectivity index (χ1) is 9.81. The first-order valence-electron chi connectivity index (χ1n) is 6.81. The van der Waals surface area contributed by atoms with E-state index in [0.717, 1.165) is 36.4 Å². The fraction of sp³-hybridized carbons (Fsp3) is 0.312. The highest BCUT2D eigenvalue weighted by molar-refractivity contribution is 6.32. The second-order valence-electron chi connectivity index (χ2n) is 4.47. The maximum atomic E-state index is 6.22. The third-order valence-electron chi connectivity index (χ3n) is 2.97. The topological polar surface area (TPSA) is 34.1 Å². The number of rotatable bonds is 7. The summed E-state index contributed by atoms with van der Waals surface area (Å²) < 4.78 is 5.87. The summed E-state index contributed by atoms with van der Waals surface area (Å²) in [7, 11) is 0. The third-order valence-corrected chi connectivity index (χ3v) is 3.27. The lowest BCUT2D eigenvalue weighted by Crippen LogP contribution is -2.13. The van der Waals surface area contributed by atoms with Crippen LogP contribution in [0.15, 0.2) is 42.7 Å². The average Bonchev–Trinajstić information content (AvgIpc) is 2.48. The van der Waals surface area contributed by atoms with Crippen LogP contribution in [0.2, 0.25) is 5.02 Å². The summed E-state index contributed by atoms with van der Waals surface area (Å²) in [6, 6.07) is 9.82. The van der Waals surface area contributed by atoms with Gasteiger partial charge in [0.15, 0.2) is 0 Å². The number of hydrogen-bond acceptors (Lipinski definition) is 3. The molecule has 0 fully saturated rings. The molecule has 2 aromatic rings. The summed E-state index contributed by atoms with van der Waals surface area (Å²) >= 11 is 6.22. The van der Waals surface area contributed by atoms with E-state index >= 15 is 0 Å². The number of aromatic nitrogens is 1. The van der Waals surface area contributed by atoms with E-state index in [4.69, 9.17) is 16.3 Å². The molecule has 0 aliphatic rings. The molecule has 4 heteroatoms. The van der Waals surface area contributed by atoms with Crippen molar-refractivity contribution in [3.05, 3.63) is 58.9 Å². The Bertz CT molecular complexity index is 531. The standard InChI is InChI=1S/C16H19ClN2O/c1-2-18-12-14-6-3-7-15(17)16(14)20-10-8-13-5-4-9-19-11-13/h3-7,9,11,18H,2,8,10,12H2,1H3. The van der Waals surface area contributed by atoms with Gasteiger partial charge in [0.25, 0.3) is 0 Å². The van der Waals surface area contributed by atoms with Gasteiger partial charge in [-0.15, -0.1) is 0 Å². The smallest absolute Gasteiger partial charge is 0.142 e. The van der Waals surface area contributed by atoms with Crippen molar-refractivity contribution >= 4 is 11.6 Å². The molecule has 1 aromatic carbocycles. The number of ether oxygens (including phenoxy) is 1. The van der Waals surface area contributed by atoms with E-state index in [1.807, 2.05) is 36.5 Å². The molecule has 1 N–H and O–H groups in total. The molecule has 0 aliphatic carbocycles. The largest absolute Gasteiger partial charge is 0.491 e. The van der Waals surface area contributed by atoms with Crippen molar-refractivity contribution < 1.29 is 4.74 Å². The number of pyridine rings is 1. The van der Waals surface area contributed by atoms with Crippen molar-refractivity contribution in [1.29, 1.82) is 0 Å². The minimum atomic E-state index is 0.592. The van der Waals surface area contributed by atoms with Crippen LogP contribution in [-0.2, 0) is 13.0 Å². The van der Waals surface area contributed by atoms with Gasteiger partial charge in [-0.1, -0.05) is 36.7 Å². The molecule has 1 heterocycles. The molecule has 0 unspecified atom stereocenters. The van der Waals surface area contributed by atoms with Crippen molar-refractivity contribution in [3.8, 4) is 5.75 Å². The molecule has 0 atom stereocenters. The zero-order chi connectivity index (χ0) is 14.2. The van der Waals surface area contributed by atoms with Gasteiger partial charge >= 0.3 is 0 Å². The first kappa shape index (κ1) is 14.8. The van der Waals surface area contributed by atoms with Crippen LogP contribution in [0.1, 0.15) is 18.1 Å². The third kappa shape index (κ3) is 4.22. The molecule has 0 radical (unpaired) electrons. The van der Waals surface area contributed by atoms with E-state index in [2.05, 4.69) is 17.2 Å². The van der Waals surface area contributed by atoms with Gasteiger partial charge in [0.1, 0.15) is 5.75 Å². The molecule has 20 heavy (non-hydrogen) atoms. The molecular formula is C16H19ClN2O. The van der Waals surface area contributed by atoms with Crippen molar-refractivity contribution in [2.75, 3.05) is 13.2 Å². The summed E-state index contributed by atoms with van der Waals surface area (Å²) in [6.45, 7) is 4.35. The van der Waals surface area contributed by atoms with Gasteiger partial charge in [0.2, 0.25) is 0 Å². The van der Waals surface area contributed by atoms with Crippen molar-refractivity contribution in [1.82, 2.24) is 10.3 Å². The van der Waals surface area contributed by atoms with Gasteiger partial charge < -0.3 is 10.1 Å². The SMILES string of the molecule is CCNCc1cccc(Cl)c1OCCc1cccnc1. The molecule has 106 valence electrons. The van der Waals surface area contributed by atoms with Crippen LogP contribution in [0.4, 0.5) is 0 Å². The second-order valence-corrected chi connectivity index (χ2v) is 4.88. The summed E-state index contributed by atoms with van der Waals surface area (Å²) in [5, 5.41) is 3.95. The number of hydrogen-bond donors (Lipinski definition) is 1. The fourth-order valence-electron chi connectivity index (χ4n) is 1.93. The number of benzene rings is 1. The molecular weight excluding hydrogens is 272 g/mol. The Balaban J connectivity index is 1.97. The molecule has 0 aliphatic heterocycles. The predicted molar refractivity (Wildman–Crippen MR) is 82.3 cm³/mol. The Morgan fingerprint density at radius 3 is 2.90 bits per heavy atom. The van der Waals surface area contributed by atoms with Crippen LogP contribution in [0.5, 0.6) is 5.75 Å². The Kier molecular flexibility index (Phi) is 5.84. The fourth-order valence-corrected chi connectivity index (χ4v) is 2.18. The van der Waals surface area contributed by atoms with E-state index in [9.17, 15) is 0 Å². The molecule has 1 aromatic heterocycles.